The molecule has 1 aliphatic carbocycles. The predicted octanol–water partition coefficient (Wildman–Crippen LogP) is 1.25. The SMILES string of the molecule is CC(=O)c1c[nH]c(C(=O)N[C@@H]2CCCC[C@H]2O)c1. The molecule has 1 amide bonds. The number of aliphatic hydroxyl groups is 1. The quantitative estimate of drug-likeness (QED) is 0.706. The van der Waals surface area contributed by atoms with Crippen molar-refractivity contribution in [1.82, 2.24) is 10.3 Å². The Morgan fingerprint density at radius 1 is 1.39 bits per heavy atom. The maximum Gasteiger partial charge on any atom is 0.268 e. The van der Waals surface area contributed by atoms with Gasteiger partial charge in [-0.15, -0.1) is 0 Å². The van der Waals surface area contributed by atoms with Crippen molar-refractivity contribution >= 4 is 11.7 Å². The molecule has 0 spiro atoms. The minimum atomic E-state index is -0.468. The number of amides is 1. The van der Waals surface area contributed by atoms with Crippen LogP contribution in [-0.4, -0.2) is 33.9 Å². The fourth-order valence-corrected chi connectivity index (χ4v) is 2.25. The molecule has 1 heterocycles. The van der Waals surface area contributed by atoms with E-state index in [9.17, 15) is 14.7 Å². The van der Waals surface area contributed by atoms with Gasteiger partial charge in [-0.25, -0.2) is 0 Å². The summed E-state index contributed by atoms with van der Waals surface area (Å²) in [6.45, 7) is 1.45. The first-order valence-corrected chi connectivity index (χ1v) is 6.26. The first-order chi connectivity index (χ1) is 8.58. The largest absolute Gasteiger partial charge is 0.391 e. The summed E-state index contributed by atoms with van der Waals surface area (Å²) in [4.78, 5) is 25.8. The zero-order valence-electron chi connectivity index (χ0n) is 10.4. The molecule has 0 aromatic carbocycles. The highest BCUT2D eigenvalue weighted by Gasteiger charge is 2.25. The minimum absolute atomic E-state index is 0.0806. The van der Waals surface area contributed by atoms with Crippen LogP contribution in [0.4, 0.5) is 0 Å². The first kappa shape index (κ1) is 12.8. The van der Waals surface area contributed by atoms with E-state index in [4.69, 9.17) is 0 Å². The standard InChI is InChI=1S/C13H18N2O3/c1-8(16)9-6-11(14-7-9)13(18)15-10-4-2-3-5-12(10)17/h6-7,10,12,14,17H,2-5H2,1H3,(H,15,18)/t10-,12-/m1/s1. The Bertz CT molecular complexity index is 453. The first-order valence-electron chi connectivity index (χ1n) is 6.26. The Morgan fingerprint density at radius 3 is 2.72 bits per heavy atom. The van der Waals surface area contributed by atoms with Gasteiger partial charge in [0.05, 0.1) is 12.1 Å². The van der Waals surface area contributed by atoms with Gasteiger partial charge in [-0.1, -0.05) is 12.8 Å². The number of Topliss-reactive ketones (excluding diaryl/α,β-unsaturated/α-hetero) is 1. The van der Waals surface area contributed by atoms with Crippen LogP contribution in [0.25, 0.3) is 0 Å². The number of rotatable bonds is 3. The van der Waals surface area contributed by atoms with Gasteiger partial charge in [-0.05, 0) is 25.8 Å². The Labute approximate surface area is 106 Å². The van der Waals surface area contributed by atoms with E-state index in [0.29, 0.717) is 11.3 Å². The van der Waals surface area contributed by atoms with Gasteiger partial charge in [0.25, 0.3) is 5.91 Å². The van der Waals surface area contributed by atoms with Crippen LogP contribution in [-0.2, 0) is 0 Å². The lowest BCUT2D eigenvalue weighted by atomic mass is 9.92. The smallest absolute Gasteiger partial charge is 0.268 e. The van der Waals surface area contributed by atoms with Crippen molar-refractivity contribution in [3.05, 3.63) is 23.5 Å². The third-order valence-electron chi connectivity index (χ3n) is 3.38. The summed E-state index contributed by atoms with van der Waals surface area (Å²) in [7, 11) is 0. The van der Waals surface area contributed by atoms with Gasteiger partial charge < -0.3 is 15.4 Å². The van der Waals surface area contributed by atoms with E-state index in [2.05, 4.69) is 10.3 Å². The van der Waals surface area contributed by atoms with E-state index in [1.165, 1.54) is 19.2 Å². The van der Waals surface area contributed by atoms with E-state index in [-0.39, 0.29) is 17.7 Å². The van der Waals surface area contributed by atoms with Crippen LogP contribution in [0.1, 0.15) is 53.5 Å². The van der Waals surface area contributed by atoms with Crippen LogP contribution < -0.4 is 5.32 Å². The fraction of sp³-hybridized carbons (Fsp3) is 0.538. The lowest BCUT2D eigenvalue weighted by molar-refractivity contribution is 0.0714. The van der Waals surface area contributed by atoms with Gasteiger partial charge >= 0.3 is 0 Å². The number of nitrogens with one attached hydrogen (secondary N) is 2. The molecular weight excluding hydrogens is 232 g/mol. The Balaban J connectivity index is 2.00. The molecule has 2 rings (SSSR count). The molecule has 1 aliphatic rings. The van der Waals surface area contributed by atoms with Crippen molar-refractivity contribution in [2.75, 3.05) is 0 Å². The van der Waals surface area contributed by atoms with Crippen molar-refractivity contribution < 1.29 is 14.7 Å². The van der Waals surface area contributed by atoms with Gasteiger partial charge in [0, 0.05) is 11.8 Å². The van der Waals surface area contributed by atoms with Crippen molar-refractivity contribution in [1.29, 1.82) is 0 Å². The maximum absolute atomic E-state index is 11.9. The Kier molecular flexibility index (Phi) is 3.81. The molecule has 0 unspecified atom stereocenters. The predicted molar refractivity (Wildman–Crippen MR) is 66.5 cm³/mol. The molecule has 0 saturated heterocycles. The van der Waals surface area contributed by atoms with Crippen molar-refractivity contribution in [3.63, 3.8) is 0 Å². The highest BCUT2D eigenvalue weighted by atomic mass is 16.3. The number of H-pyrrole nitrogens is 1. The number of carbonyl (C=O) groups excluding carboxylic acids is 2. The number of aliphatic hydroxyl groups excluding tert-OH is 1. The summed E-state index contributed by atoms with van der Waals surface area (Å²) in [5.74, 6) is -0.351. The molecule has 0 bridgehead atoms. The number of carbonyl (C=O) groups is 2. The fourth-order valence-electron chi connectivity index (χ4n) is 2.25. The molecular formula is C13H18N2O3. The summed E-state index contributed by atoms with van der Waals surface area (Å²) < 4.78 is 0. The molecule has 1 fully saturated rings. The third-order valence-corrected chi connectivity index (χ3v) is 3.38. The topological polar surface area (TPSA) is 82.2 Å². The van der Waals surface area contributed by atoms with Gasteiger partial charge in [-0.2, -0.15) is 0 Å². The summed E-state index contributed by atoms with van der Waals surface area (Å²) in [5, 5.41) is 12.6. The van der Waals surface area contributed by atoms with Gasteiger partial charge in [-0.3, -0.25) is 9.59 Å². The van der Waals surface area contributed by atoms with E-state index < -0.39 is 6.10 Å². The molecule has 18 heavy (non-hydrogen) atoms. The molecule has 5 heteroatoms. The van der Waals surface area contributed by atoms with Crippen LogP contribution in [0.5, 0.6) is 0 Å². The molecule has 1 saturated carbocycles. The second-order valence-corrected chi connectivity index (χ2v) is 4.79. The highest BCUT2D eigenvalue weighted by Crippen LogP contribution is 2.18. The van der Waals surface area contributed by atoms with Gasteiger partial charge in [0.1, 0.15) is 5.69 Å². The van der Waals surface area contributed by atoms with E-state index in [0.717, 1.165) is 25.7 Å². The summed E-state index contributed by atoms with van der Waals surface area (Å²) >= 11 is 0. The summed E-state index contributed by atoms with van der Waals surface area (Å²) in [6.07, 6.45) is 4.61. The number of hydrogen-bond donors (Lipinski definition) is 3. The highest BCUT2D eigenvalue weighted by molar-refractivity contribution is 5.99. The molecule has 3 N–H and O–H groups in total. The molecule has 1 aromatic heterocycles. The van der Waals surface area contributed by atoms with Crippen LogP contribution in [0.15, 0.2) is 12.3 Å². The molecule has 5 nitrogen and oxygen atoms in total. The van der Waals surface area contributed by atoms with Crippen molar-refractivity contribution in [2.24, 2.45) is 0 Å². The minimum Gasteiger partial charge on any atom is -0.391 e. The van der Waals surface area contributed by atoms with Crippen LogP contribution in [0, 0.1) is 0 Å². The lowest BCUT2D eigenvalue weighted by Crippen LogP contribution is -2.45. The van der Waals surface area contributed by atoms with E-state index >= 15 is 0 Å². The zero-order valence-corrected chi connectivity index (χ0v) is 10.4. The van der Waals surface area contributed by atoms with Crippen molar-refractivity contribution in [2.45, 2.75) is 44.8 Å². The van der Waals surface area contributed by atoms with Gasteiger partial charge in [0.2, 0.25) is 0 Å². The Hall–Kier alpha value is -1.62. The maximum atomic E-state index is 11.9. The molecule has 0 aliphatic heterocycles. The normalized spacial score (nSPS) is 23.7. The Morgan fingerprint density at radius 2 is 2.11 bits per heavy atom. The van der Waals surface area contributed by atoms with Crippen molar-refractivity contribution in [3.8, 4) is 0 Å². The van der Waals surface area contributed by atoms with E-state index in [1.54, 1.807) is 0 Å². The van der Waals surface area contributed by atoms with Crippen LogP contribution in [0.3, 0.4) is 0 Å². The number of aromatic nitrogens is 1. The summed E-state index contributed by atoms with van der Waals surface area (Å²) in [6, 6.07) is 1.35. The van der Waals surface area contributed by atoms with Crippen LogP contribution in [0.2, 0.25) is 0 Å². The third kappa shape index (κ3) is 2.79. The average molecular weight is 250 g/mol. The number of hydrogen-bond acceptors (Lipinski definition) is 3. The molecule has 2 atom stereocenters. The lowest BCUT2D eigenvalue weighted by Gasteiger charge is -2.28. The van der Waals surface area contributed by atoms with Gasteiger partial charge in [0.15, 0.2) is 5.78 Å². The monoisotopic (exact) mass is 250 g/mol. The second-order valence-electron chi connectivity index (χ2n) is 4.79. The second kappa shape index (κ2) is 5.35. The average Bonchev–Trinajstić information content (AvgIpc) is 2.81. The number of ketones is 1. The molecule has 1 aromatic rings. The molecule has 98 valence electrons. The zero-order chi connectivity index (χ0) is 13.1. The molecule has 0 radical (unpaired) electrons. The summed E-state index contributed by atoms with van der Waals surface area (Å²) in [5.41, 5.74) is 0.849. The van der Waals surface area contributed by atoms with Crippen LogP contribution >= 0.6 is 0 Å². The van der Waals surface area contributed by atoms with E-state index in [1.807, 2.05) is 0 Å². The number of aromatic amines is 1.